The predicted molar refractivity (Wildman–Crippen MR) is 77.1 cm³/mol. The summed E-state index contributed by atoms with van der Waals surface area (Å²) in [5.74, 6) is 0. The fraction of sp³-hybridized carbons (Fsp3) is 0.438. The van der Waals surface area contributed by atoms with Crippen molar-refractivity contribution in [2.45, 2.75) is 38.1 Å². The number of likely N-dealkylation sites (tertiary alicyclic amines) is 1. The first-order valence-electron chi connectivity index (χ1n) is 6.90. The molecule has 0 bridgehead atoms. The van der Waals surface area contributed by atoms with Crippen molar-refractivity contribution in [1.29, 1.82) is 0 Å². The quantitative estimate of drug-likeness (QED) is 0.791. The lowest BCUT2D eigenvalue weighted by Crippen LogP contribution is -2.50. The fourth-order valence-electron chi connectivity index (χ4n) is 2.50. The second-order valence-electron chi connectivity index (χ2n) is 4.87. The Hall–Kier alpha value is -1.81. The molecule has 1 aliphatic rings. The SMILES string of the molecule is C=CC1CCCC(OC)N1C(=O)OCc1ccccc1. The molecule has 1 aliphatic heterocycles. The van der Waals surface area contributed by atoms with E-state index in [1.165, 1.54) is 0 Å². The van der Waals surface area contributed by atoms with E-state index >= 15 is 0 Å². The van der Waals surface area contributed by atoms with Crippen LogP contribution in [0.3, 0.4) is 0 Å². The summed E-state index contributed by atoms with van der Waals surface area (Å²) >= 11 is 0. The molecular weight excluding hydrogens is 254 g/mol. The summed E-state index contributed by atoms with van der Waals surface area (Å²) in [6, 6.07) is 9.63. The van der Waals surface area contributed by atoms with E-state index in [4.69, 9.17) is 9.47 Å². The molecule has 1 heterocycles. The van der Waals surface area contributed by atoms with Crippen molar-refractivity contribution >= 4 is 6.09 Å². The summed E-state index contributed by atoms with van der Waals surface area (Å²) in [7, 11) is 1.62. The van der Waals surface area contributed by atoms with Gasteiger partial charge in [0, 0.05) is 7.11 Å². The second kappa shape index (κ2) is 7.10. The second-order valence-corrected chi connectivity index (χ2v) is 4.87. The molecule has 0 N–H and O–H groups in total. The molecule has 108 valence electrons. The molecule has 1 aromatic carbocycles. The molecule has 0 aliphatic carbocycles. The van der Waals surface area contributed by atoms with Crippen LogP contribution >= 0.6 is 0 Å². The molecule has 1 saturated heterocycles. The van der Waals surface area contributed by atoms with Crippen molar-refractivity contribution in [3.63, 3.8) is 0 Å². The Bertz CT molecular complexity index is 446. The van der Waals surface area contributed by atoms with Gasteiger partial charge in [-0.1, -0.05) is 36.4 Å². The van der Waals surface area contributed by atoms with E-state index in [2.05, 4.69) is 6.58 Å². The average Bonchev–Trinajstić information content (AvgIpc) is 2.52. The Balaban J connectivity index is 1.99. The maximum atomic E-state index is 12.3. The smallest absolute Gasteiger partial charge is 0.412 e. The number of methoxy groups -OCH3 is 1. The molecule has 0 spiro atoms. The summed E-state index contributed by atoms with van der Waals surface area (Å²) in [6.07, 6.45) is 3.98. The number of rotatable bonds is 4. The Morgan fingerprint density at radius 3 is 2.80 bits per heavy atom. The fourth-order valence-corrected chi connectivity index (χ4v) is 2.50. The highest BCUT2D eigenvalue weighted by Gasteiger charge is 2.33. The molecule has 0 radical (unpaired) electrons. The van der Waals surface area contributed by atoms with Crippen LogP contribution in [0.15, 0.2) is 43.0 Å². The molecule has 2 unspecified atom stereocenters. The summed E-state index contributed by atoms with van der Waals surface area (Å²) in [4.78, 5) is 13.9. The zero-order chi connectivity index (χ0) is 14.4. The number of piperidine rings is 1. The molecule has 4 nitrogen and oxygen atoms in total. The summed E-state index contributed by atoms with van der Waals surface area (Å²) in [5.41, 5.74) is 0.974. The highest BCUT2D eigenvalue weighted by atomic mass is 16.6. The van der Waals surface area contributed by atoms with Crippen molar-refractivity contribution in [1.82, 2.24) is 4.90 Å². The topological polar surface area (TPSA) is 38.8 Å². The Morgan fingerprint density at radius 1 is 1.40 bits per heavy atom. The Labute approximate surface area is 120 Å². The monoisotopic (exact) mass is 275 g/mol. The standard InChI is InChI=1S/C16H21NO3/c1-3-14-10-7-11-15(19-2)17(14)16(18)20-12-13-8-5-4-6-9-13/h3-6,8-9,14-15H,1,7,10-12H2,2H3. The van der Waals surface area contributed by atoms with Gasteiger partial charge in [0.1, 0.15) is 12.8 Å². The van der Waals surface area contributed by atoms with Crippen LogP contribution in [0.1, 0.15) is 24.8 Å². The summed E-state index contributed by atoms with van der Waals surface area (Å²) < 4.78 is 10.8. The first kappa shape index (κ1) is 14.6. The van der Waals surface area contributed by atoms with E-state index in [0.29, 0.717) is 0 Å². The van der Waals surface area contributed by atoms with Crippen molar-refractivity contribution in [2.24, 2.45) is 0 Å². The number of carbonyl (C=O) groups is 1. The van der Waals surface area contributed by atoms with E-state index in [1.54, 1.807) is 18.1 Å². The largest absolute Gasteiger partial charge is 0.444 e. The number of carbonyl (C=O) groups excluding carboxylic acids is 1. The van der Waals surface area contributed by atoms with Crippen LogP contribution < -0.4 is 0 Å². The molecule has 0 saturated carbocycles. The lowest BCUT2D eigenvalue weighted by molar-refractivity contribution is -0.0643. The van der Waals surface area contributed by atoms with E-state index in [1.807, 2.05) is 30.3 Å². The van der Waals surface area contributed by atoms with E-state index in [0.717, 1.165) is 24.8 Å². The summed E-state index contributed by atoms with van der Waals surface area (Å²) in [5, 5.41) is 0. The number of amides is 1. The lowest BCUT2D eigenvalue weighted by atomic mass is 10.0. The van der Waals surface area contributed by atoms with Crippen molar-refractivity contribution in [2.75, 3.05) is 7.11 Å². The van der Waals surface area contributed by atoms with Crippen LogP contribution in [-0.2, 0) is 16.1 Å². The number of benzene rings is 1. The van der Waals surface area contributed by atoms with Crippen molar-refractivity contribution in [3.05, 3.63) is 48.6 Å². The van der Waals surface area contributed by atoms with Gasteiger partial charge >= 0.3 is 6.09 Å². The molecule has 1 amide bonds. The highest BCUT2D eigenvalue weighted by molar-refractivity contribution is 5.68. The van der Waals surface area contributed by atoms with Crippen LogP contribution in [0, 0.1) is 0 Å². The molecule has 1 aromatic rings. The number of nitrogens with zero attached hydrogens (tertiary/aromatic N) is 1. The van der Waals surface area contributed by atoms with Gasteiger partial charge in [-0.15, -0.1) is 6.58 Å². The maximum absolute atomic E-state index is 12.3. The van der Waals surface area contributed by atoms with Gasteiger partial charge in [-0.05, 0) is 24.8 Å². The molecule has 4 heteroatoms. The lowest BCUT2D eigenvalue weighted by Gasteiger charge is -2.38. The number of hydrogen-bond acceptors (Lipinski definition) is 3. The Kier molecular flexibility index (Phi) is 5.18. The van der Waals surface area contributed by atoms with Gasteiger partial charge in [-0.3, -0.25) is 4.90 Å². The third kappa shape index (κ3) is 3.39. The molecule has 20 heavy (non-hydrogen) atoms. The number of ether oxygens (including phenoxy) is 2. The van der Waals surface area contributed by atoms with E-state index < -0.39 is 0 Å². The van der Waals surface area contributed by atoms with Crippen molar-refractivity contribution < 1.29 is 14.3 Å². The zero-order valence-electron chi connectivity index (χ0n) is 11.8. The number of hydrogen-bond donors (Lipinski definition) is 0. The highest BCUT2D eigenvalue weighted by Crippen LogP contribution is 2.25. The van der Waals surface area contributed by atoms with Gasteiger partial charge in [-0.25, -0.2) is 4.79 Å². The first-order chi connectivity index (χ1) is 9.76. The minimum absolute atomic E-state index is 0.0167. The predicted octanol–water partition coefficient (Wildman–Crippen LogP) is 3.34. The van der Waals surface area contributed by atoms with Crippen LogP contribution in [0.4, 0.5) is 4.79 Å². The minimum Gasteiger partial charge on any atom is -0.444 e. The van der Waals surface area contributed by atoms with Gasteiger partial charge in [0.15, 0.2) is 0 Å². The molecule has 2 atom stereocenters. The van der Waals surface area contributed by atoms with Gasteiger partial charge in [0.2, 0.25) is 0 Å². The normalized spacial score (nSPS) is 22.4. The minimum atomic E-state index is -0.342. The van der Waals surface area contributed by atoms with Gasteiger partial charge in [0.05, 0.1) is 6.04 Å². The molecule has 1 fully saturated rings. The average molecular weight is 275 g/mol. The van der Waals surface area contributed by atoms with Gasteiger partial charge in [-0.2, -0.15) is 0 Å². The van der Waals surface area contributed by atoms with Gasteiger partial charge in [0.25, 0.3) is 0 Å². The Morgan fingerprint density at radius 2 is 2.15 bits per heavy atom. The van der Waals surface area contributed by atoms with Crippen LogP contribution in [0.25, 0.3) is 0 Å². The molecule has 0 aromatic heterocycles. The van der Waals surface area contributed by atoms with Crippen LogP contribution in [0.2, 0.25) is 0 Å². The molecule has 2 rings (SSSR count). The van der Waals surface area contributed by atoms with Crippen molar-refractivity contribution in [3.8, 4) is 0 Å². The summed E-state index contributed by atoms with van der Waals surface area (Å²) in [6.45, 7) is 4.07. The first-order valence-corrected chi connectivity index (χ1v) is 6.90. The third-order valence-electron chi connectivity index (χ3n) is 3.58. The van der Waals surface area contributed by atoms with E-state index in [9.17, 15) is 4.79 Å². The zero-order valence-corrected chi connectivity index (χ0v) is 11.8. The third-order valence-corrected chi connectivity index (χ3v) is 3.58. The van der Waals surface area contributed by atoms with Gasteiger partial charge < -0.3 is 9.47 Å². The van der Waals surface area contributed by atoms with E-state index in [-0.39, 0.29) is 25.0 Å². The molecular formula is C16H21NO3. The van der Waals surface area contributed by atoms with Crippen LogP contribution in [-0.4, -0.2) is 30.4 Å². The maximum Gasteiger partial charge on any atom is 0.412 e. The van der Waals surface area contributed by atoms with Crippen LogP contribution in [0.5, 0.6) is 0 Å².